The predicted octanol–water partition coefficient (Wildman–Crippen LogP) is 4.20. The number of hydrogen-bond donors (Lipinski definition) is 1. The van der Waals surface area contributed by atoms with Gasteiger partial charge in [-0.05, 0) is 25.1 Å². The number of hydrogen-bond acceptors (Lipinski definition) is 5. The minimum atomic E-state index is -5.01. The van der Waals surface area contributed by atoms with Gasteiger partial charge in [-0.3, -0.25) is 0 Å². The first-order chi connectivity index (χ1) is 11.0. The summed E-state index contributed by atoms with van der Waals surface area (Å²) >= 11 is 0. The summed E-state index contributed by atoms with van der Waals surface area (Å²) in [5.41, 5.74) is -2.15. The van der Waals surface area contributed by atoms with E-state index in [1.807, 2.05) is 0 Å². The van der Waals surface area contributed by atoms with Crippen molar-refractivity contribution in [2.24, 2.45) is 0 Å². The van der Waals surface area contributed by atoms with Crippen LogP contribution in [0.15, 0.2) is 28.9 Å². The number of rotatable bonds is 3. The number of anilines is 1. The predicted molar refractivity (Wildman–Crippen MR) is 66.7 cm³/mol. The van der Waals surface area contributed by atoms with Crippen molar-refractivity contribution in [3.05, 3.63) is 46.8 Å². The van der Waals surface area contributed by atoms with Crippen molar-refractivity contribution in [1.82, 2.24) is 5.16 Å². The van der Waals surface area contributed by atoms with E-state index in [1.165, 1.54) is 6.92 Å². The number of aromatic nitrogens is 1. The average molecular weight is 354 g/mol. The van der Waals surface area contributed by atoms with Crippen LogP contribution in [0.4, 0.5) is 32.0 Å². The van der Waals surface area contributed by atoms with Crippen molar-refractivity contribution >= 4 is 11.7 Å². The van der Waals surface area contributed by atoms with Crippen LogP contribution in [0.5, 0.6) is 0 Å². The van der Waals surface area contributed by atoms with Crippen molar-refractivity contribution in [1.29, 1.82) is 0 Å². The van der Waals surface area contributed by atoms with E-state index in [2.05, 4.69) is 14.5 Å². The summed E-state index contributed by atoms with van der Waals surface area (Å²) in [6.07, 6.45) is -9.02. The summed E-state index contributed by atoms with van der Waals surface area (Å²) < 4.78 is 80.7. The first-order valence-electron chi connectivity index (χ1n) is 6.16. The summed E-state index contributed by atoms with van der Waals surface area (Å²) in [7, 11) is 0. The molecule has 0 fully saturated rings. The summed E-state index contributed by atoms with van der Waals surface area (Å²) in [4.78, 5) is 16.1. The van der Waals surface area contributed by atoms with E-state index < -0.39 is 35.1 Å². The Morgan fingerprint density at radius 1 is 1.08 bits per heavy atom. The van der Waals surface area contributed by atoms with Crippen molar-refractivity contribution < 1.29 is 40.5 Å². The zero-order chi connectivity index (χ0) is 18.1. The molecule has 0 unspecified atom stereocenters. The fourth-order valence-corrected chi connectivity index (χ4v) is 1.67. The number of nitrogens with zero attached hydrogens (tertiary/aromatic N) is 1. The Hall–Kier alpha value is -2.72. The van der Waals surface area contributed by atoms with E-state index in [4.69, 9.17) is 0 Å². The topological polar surface area (TPSA) is 64.4 Å². The van der Waals surface area contributed by atoms with E-state index >= 15 is 0 Å². The number of carbonyl (C=O) groups excluding carboxylic acids is 1. The molecule has 1 aromatic carbocycles. The maximum atomic E-state index is 12.7. The van der Waals surface area contributed by atoms with Crippen LogP contribution in [0.3, 0.4) is 0 Å². The first kappa shape index (κ1) is 17.6. The van der Waals surface area contributed by atoms with Gasteiger partial charge in [0.15, 0.2) is 0 Å². The summed E-state index contributed by atoms with van der Waals surface area (Å²) in [5, 5.41) is 3.29. The summed E-state index contributed by atoms with van der Waals surface area (Å²) in [6, 6.07) is 0.711. The molecule has 24 heavy (non-hydrogen) atoms. The monoisotopic (exact) mass is 354 g/mol. The summed E-state index contributed by atoms with van der Waals surface area (Å²) in [5.74, 6) is -1.01. The molecule has 1 N–H and O–H groups in total. The minimum absolute atomic E-state index is 0.0445. The molecule has 0 spiro atoms. The van der Waals surface area contributed by atoms with Crippen LogP contribution in [0.2, 0.25) is 0 Å². The van der Waals surface area contributed by atoms with E-state index in [0.29, 0.717) is 12.1 Å². The molecule has 0 radical (unpaired) electrons. The molecule has 1 heterocycles. The molecule has 2 aromatic rings. The van der Waals surface area contributed by atoms with Gasteiger partial charge in [0.25, 0.3) is 0 Å². The van der Waals surface area contributed by atoms with Crippen molar-refractivity contribution in [3.8, 4) is 0 Å². The summed E-state index contributed by atoms with van der Waals surface area (Å²) in [6.45, 7) is 1.37. The standard InChI is InChI=1S/C13H8F6N2O3/c1-6-10(5-20-23-6)11(22)24-21-9-3-7(12(14,15)16)2-8(4-9)13(17,18)19/h2-5,21H,1H3. The second-order valence-corrected chi connectivity index (χ2v) is 4.58. The van der Waals surface area contributed by atoms with Crippen LogP contribution in [0.1, 0.15) is 27.2 Å². The Morgan fingerprint density at radius 3 is 2.04 bits per heavy atom. The van der Waals surface area contributed by atoms with E-state index in [-0.39, 0.29) is 17.4 Å². The minimum Gasteiger partial charge on any atom is -0.361 e. The van der Waals surface area contributed by atoms with Crippen LogP contribution in [0, 0.1) is 6.92 Å². The third-order valence-corrected chi connectivity index (χ3v) is 2.82. The smallest absolute Gasteiger partial charge is 0.361 e. The number of nitrogens with one attached hydrogen (secondary N) is 1. The maximum absolute atomic E-state index is 12.7. The molecule has 0 bridgehead atoms. The highest BCUT2D eigenvalue weighted by Crippen LogP contribution is 2.37. The van der Waals surface area contributed by atoms with Crippen LogP contribution in [-0.4, -0.2) is 11.1 Å². The lowest BCUT2D eigenvalue weighted by Gasteiger charge is -2.14. The largest absolute Gasteiger partial charge is 0.416 e. The Kier molecular flexibility index (Phi) is 4.45. The number of aryl methyl sites for hydroxylation is 1. The molecule has 5 nitrogen and oxygen atoms in total. The fraction of sp³-hybridized carbons (Fsp3) is 0.231. The molecule has 2 rings (SSSR count). The molecule has 0 saturated heterocycles. The van der Waals surface area contributed by atoms with Gasteiger partial charge >= 0.3 is 18.3 Å². The van der Waals surface area contributed by atoms with Crippen LogP contribution < -0.4 is 5.48 Å². The van der Waals surface area contributed by atoms with Gasteiger partial charge in [0.05, 0.1) is 23.0 Å². The number of alkyl halides is 6. The lowest BCUT2D eigenvalue weighted by Crippen LogP contribution is -2.14. The SMILES string of the molecule is Cc1oncc1C(=O)ONc1cc(C(F)(F)F)cc(C(F)(F)F)c1. The van der Waals surface area contributed by atoms with Gasteiger partial charge in [-0.2, -0.15) is 26.3 Å². The molecule has 11 heteroatoms. The van der Waals surface area contributed by atoms with Gasteiger partial charge in [-0.25, -0.2) is 10.3 Å². The van der Waals surface area contributed by atoms with Gasteiger partial charge in [-0.15, -0.1) is 0 Å². The molecule has 130 valence electrons. The van der Waals surface area contributed by atoms with Gasteiger partial charge in [0.2, 0.25) is 0 Å². The van der Waals surface area contributed by atoms with E-state index in [0.717, 1.165) is 6.20 Å². The zero-order valence-electron chi connectivity index (χ0n) is 11.7. The number of carbonyl (C=O) groups is 1. The second kappa shape index (κ2) is 6.06. The highest BCUT2D eigenvalue weighted by Gasteiger charge is 2.37. The Morgan fingerprint density at radius 2 is 1.62 bits per heavy atom. The van der Waals surface area contributed by atoms with Gasteiger partial charge in [0.1, 0.15) is 11.3 Å². The Bertz CT molecular complexity index is 719. The molecular weight excluding hydrogens is 346 g/mol. The third-order valence-electron chi connectivity index (χ3n) is 2.82. The van der Waals surface area contributed by atoms with Crippen molar-refractivity contribution in [2.75, 3.05) is 5.48 Å². The molecule has 0 aliphatic heterocycles. The fourth-order valence-electron chi connectivity index (χ4n) is 1.67. The normalized spacial score (nSPS) is 12.1. The lowest BCUT2D eigenvalue weighted by atomic mass is 10.1. The van der Waals surface area contributed by atoms with Crippen molar-refractivity contribution in [3.63, 3.8) is 0 Å². The van der Waals surface area contributed by atoms with E-state index in [9.17, 15) is 31.1 Å². The van der Waals surface area contributed by atoms with Gasteiger partial charge in [0, 0.05) is 0 Å². The first-order valence-corrected chi connectivity index (χ1v) is 6.16. The number of halogens is 6. The molecule has 0 atom stereocenters. The number of benzene rings is 1. The second-order valence-electron chi connectivity index (χ2n) is 4.58. The molecule has 0 amide bonds. The maximum Gasteiger partial charge on any atom is 0.416 e. The van der Waals surface area contributed by atoms with E-state index in [1.54, 1.807) is 5.48 Å². The Balaban J connectivity index is 2.26. The average Bonchev–Trinajstić information content (AvgIpc) is 2.89. The molecule has 0 aliphatic carbocycles. The third kappa shape index (κ3) is 3.97. The van der Waals surface area contributed by atoms with Gasteiger partial charge < -0.3 is 9.36 Å². The lowest BCUT2D eigenvalue weighted by molar-refractivity contribution is -0.143. The van der Waals surface area contributed by atoms with Crippen molar-refractivity contribution in [2.45, 2.75) is 19.3 Å². The zero-order valence-corrected chi connectivity index (χ0v) is 11.7. The Labute approximate surface area is 130 Å². The quantitative estimate of drug-likeness (QED) is 0.661. The van der Waals surface area contributed by atoms with Crippen LogP contribution in [0.25, 0.3) is 0 Å². The van der Waals surface area contributed by atoms with Crippen LogP contribution >= 0.6 is 0 Å². The molecule has 0 saturated carbocycles. The molecule has 0 aliphatic rings. The highest BCUT2D eigenvalue weighted by atomic mass is 19.4. The molecular formula is C13H8F6N2O3. The van der Waals surface area contributed by atoms with Crippen LogP contribution in [-0.2, 0) is 17.2 Å². The highest BCUT2D eigenvalue weighted by molar-refractivity contribution is 5.90. The molecule has 1 aromatic heterocycles. The van der Waals surface area contributed by atoms with Gasteiger partial charge in [-0.1, -0.05) is 5.16 Å².